The average Bonchev–Trinajstić information content (AvgIpc) is 2.95. The van der Waals surface area contributed by atoms with Gasteiger partial charge in [-0.15, -0.1) is 0 Å². The summed E-state index contributed by atoms with van der Waals surface area (Å²) in [4.78, 5) is 11.5. The molecule has 110 valence electrons. The minimum absolute atomic E-state index is 0.343. The quantitative estimate of drug-likeness (QED) is 0.477. The number of nitrogens with zero attached hydrogens (tertiary/aromatic N) is 3. The zero-order chi connectivity index (χ0) is 15.1. The third-order valence-corrected chi connectivity index (χ3v) is 2.74. The number of aromatic nitrogens is 2. The zero-order valence-corrected chi connectivity index (χ0v) is 11.6. The number of rotatable bonds is 6. The van der Waals surface area contributed by atoms with E-state index < -0.39 is 0 Å². The normalized spacial score (nSPS) is 10.8. The van der Waals surface area contributed by atoms with Crippen molar-refractivity contribution < 1.29 is 14.7 Å². The Hall–Kier alpha value is -2.67. The molecule has 0 unspecified atom stereocenters. The average molecular weight is 288 g/mol. The summed E-state index contributed by atoms with van der Waals surface area (Å²) in [5, 5.41) is 16.0. The van der Waals surface area contributed by atoms with E-state index in [2.05, 4.69) is 10.2 Å². The van der Waals surface area contributed by atoms with Gasteiger partial charge in [0.25, 0.3) is 0 Å². The molecule has 0 aliphatic heterocycles. The Morgan fingerprint density at radius 2 is 2.24 bits per heavy atom. The first-order valence-corrected chi connectivity index (χ1v) is 6.43. The van der Waals surface area contributed by atoms with Gasteiger partial charge in [0.2, 0.25) is 0 Å². The summed E-state index contributed by atoms with van der Waals surface area (Å²) in [5.41, 5.74) is 4.03. The van der Waals surface area contributed by atoms with Crippen LogP contribution in [0.25, 0.3) is 0 Å². The lowest BCUT2D eigenvalue weighted by atomic mass is 10.1. The standard InChI is InChI=1S/C14H16N4O3/c1-2-21-14(19)13-8-16-18(10-13)9-12-5-3-11(4-6-12)7-15-17-20/h3-8,10,17,20H,2,9H2,1H3. The number of hydrogen-bond acceptors (Lipinski definition) is 6. The Balaban J connectivity index is 2.01. The van der Waals surface area contributed by atoms with Crippen molar-refractivity contribution in [1.29, 1.82) is 0 Å². The summed E-state index contributed by atoms with van der Waals surface area (Å²) in [6.45, 7) is 2.66. The molecule has 7 nitrogen and oxygen atoms in total. The lowest BCUT2D eigenvalue weighted by Crippen LogP contribution is -2.04. The number of esters is 1. The molecule has 2 rings (SSSR count). The van der Waals surface area contributed by atoms with Gasteiger partial charge in [-0.1, -0.05) is 24.3 Å². The van der Waals surface area contributed by atoms with Gasteiger partial charge in [0, 0.05) is 6.20 Å². The summed E-state index contributed by atoms with van der Waals surface area (Å²) in [6, 6.07) is 7.58. The number of nitrogens with one attached hydrogen (secondary N) is 1. The van der Waals surface area contributed by atoms with Crippen molar-refractivity contribution in [2.75, 3.05) is 6.61 Å². The van der Waals surface area contributed by atoms with Crippen LogP contribution in [-0.4, -0.2) is 33.8 Å². The topological polar surface area (TPSA) is 88.7 Å². The highest BCUT2D eigenvalue weighted by Gasteiger charge is 2.09. The highest BCUT2D eigenvalue weighted by atomic mass is 16.5. The van der Waals surface area contributed by atoms with Gasteiger partial charge in [0.15, 0.2) is 0 Å². The maximum absolute atomic E-state index is 11.5. The monoisotopic (exact) mass is 288 g/mol. The summed E-state index contributed by atoms with van der Waals surface area (Å²) >= 11 is 0. The molecule has 21 heavy (non-hydrogen) atoms. The molecule has 0 bridgehead atoms. The highest BCUT2D eigenvalue weighted by molar-refractivity contribution is 5.88. The van der Waals surface area contributed by atoms with Crippen molar-refractivity contribution in [3.63, 3.8) is 0 Å². The van der Waals surface area contributed by atoms with Gasteiger partial charge in [-0.25, -0.2) is 4.79 Å². The fraction of sp³-hybridized carbons (Fsp3) is 0.214. The number of ether oxygens (including phenoxy) is 1. The molecule has 2 aromatic rings. The third-order valence-electron chi connectivity index (χ3n) is 2.74. The molecule has 0 amide bonds. The van der Waals surface area contributed by atoms with Crippen LogP contribution in [-0.2, 0) is 11.3 Å². The van der Waals surface area contributed by atoms with E-state index in [-0.39, 0.29) is 5.97 Å². The van der Waals surface area contributed by atoms with Crippen LogP contribution < -0.4 is 5.59 Å². The smallest absolute Gasteiger partial charge is 0.341 e. The molecule has 1 heterocycles. The van der Waals surface area contributed by atoms with E-state index in [4.69, 9.17) is 9.94 Å². The molecule has 0 saturated heterocycles. The number of benzene rings is 1. The van der Waals surface area contributed by atoms with Gasteiger partial charge in [-0.05, 0) is 18.1 Å². The van der Waals surface area contributed by atoms with E-state index in [9.17, 15) is 4.79 Å². The van der Waals surface area contributed by atoms with Crippen molar-refractivity contribution in [2.24, 2.45) is 5.10 Å². The minimum atomic E-state index is -0.369. The summed E-state index contributed by atoms with van der Waals surface area (Å²) in [7, 11) is 0. The molecule has 0 saturated carbocycles. The predicted molar refractivity (Wildman–Crippen MR) is 76.2 cm³/mol. The lowest BCUT2D eigenvalue weighted by molar-refractivity contribution is 0.0526. The maximum Gasteiger partial charge on any atom is 0.341 e. The second-order valence-corrected chi connectivity index (χ2v) is 4.25. The van der Waals surface area contributed by atoms with Crippen LogP contribution in [0, 0.1) is 0 Å². The SMILES string of the molecule is CCOC(=O)c1cnn(Cc2ccc(C=NNO)cc2)c1. The van der Waals surface area contributed by atoms with E-state index in [1.165, 1.54) is 12.4 Å². The Morgan fingerprint density at radius 1 is 1.48 bits per heavy atom. The predicted octanol–water partition coefficient (Wildman–Crippen LogP) is 1.42. The number of carbonyl (C=O) groups excluding carboxylic acids is 1. The van der Waals surface area contributed by atoms with Crippen molar-refractivity contribution in [1.82, 2.24) is 15.4 Å². The summed E-state index contributed by atoms with van der Waals surface area (Å²) in [5.74, 6) is -0.369. The fourth-order valence-electron chi connectivity index (χ4n) is 1.77. The Bertz CT molecular complexity index is 619. The molecule has 0 aliphatic carbocycles. The molecule has 0 aliphatic rings. The highest BCUT2D eigenvalue weighted by Crippen LogP contribution is 2.07. The zero-order valence-electron chi connectivity index (χ0n) is 11.6. The minimum Gasteiger partial charge on any atom is -0.462 e. The second kappa shape index (κ2) is 7.20. The Morgan fingerprint density at radius 3 is 2.90 bits per heavy atom. The number of hydrogen-bond donors (Lipinski definition) is 2. The largest absolute Gasteiger partial charge is 0.462 e. The van der Waals surface area contributed by atoms with Crippen LogP contribution in [0.1, 0.15) is 28.4 Å². The molecule has 7 heteroatoms. The van der Waals surface area contributed by atoms with Gasteiger partial charge in [-0.3, -0.25) is 9.89 Å². The van der Waals surface area contributed by atoms with E-state index in [0.717, 1.165) is 11.1 Å². The molecule has 0 atom stereocenters. The van der Waals surface area contributed by atoms with Gasteiger partial charge in [0.05, 0.1) is 31.1 Å². The number of hydrazone groups is 1. The first kappa shape index (κ1) is 14.7. The second-order valence-electron chi connectivity index (χ2n) is 4.25. The van der Waals surface area contributed by atoms with Crippen LogP contribution in [0.15, 0.2) is 41.8 Å². The molecule has 1 aromatic carbocycles. The Labute approximate surface area is 121 Å². The van der Waals surface area contributed by atoms with Crippen LogP contribution >= 0.6 is 0 Å². The molecule has 2 N–H and O–H groups in total. The van der Waals surface area contributed by atoms with E-state index >= 15 is 0 Å². The molecular weight excluding hydrogens is 272 g/mol. The Kier molecular flexibility index (Phi) is 5.05. The third kappa shape index (κ3) is 4.15. The van der Waals surface area contributed by atoms with Crippen molar-refractivity contribution >= 4 is 12.2 Å². The first-order valence-electron chi connectivity index (χ1n) is 6.43. The van der Waals surface area contributed by atoms with E-state index in [1.807, 2.05) is 24.3 Å². The molecule has 1 aromatic heterocycles. The van der Waals surface area contributed by atoms with Crippen molar-refractivity contribution in [3.05, 3.63) is 53.3 Å². The van der Waals surface area contributed by atoms with Crippen LogP contribution in [0.4, 0.5) is 0 Å². The molecule has 0 radical (unpaired) electrons. The first-order chi connectivity index (χ1) is 10.2. The van der Waals surface area contributed by atoms with Gasteiger partial charge in [-0.2, -0.15) is 15.8 Å². The van der Waals surface area contributed by atoms with E-state index in [0.29, 0.717) is 18.7 Å². The number of carbonyl (C=O) groups is 1. The van der Waals surface area contributed by atoms with Gasteiger partial charge >= 0.3 is 5.97 Å². The maximum atomic E-state index is 11.5. The fourth-order valence-corrected chi connectivity index (χ4v) is 1.77. The van der Waals surface area contributed by atoms with Crippen LogP contribution in [0.2, 0.25) is 0 Å². The molecule has 0 fully saturated rings. The van der Waals surface area contributed by atoms with Gasteiger partial charge in [0.1, 0.15) is 0 Å². The molecule has 0 spiro atoms. The lowest BCUT2D eigenvalue weighted by Gasteiger charge is -2.02. The van der Waals surface area contributed by atoms with Crippen molar-refractivity contribution in [2.45, 2.75) is 13.5 Å². The summed E-state index contributed by atoms with van der Waals surface area (Å²) in [6.07, 6.45) is 4.64. The van der Waals surface area contributed by atoms with Crippen LogP contribution in [0.5, 0.6) is 0 Å². The van der Waals surface area contributed by atoms with Crippen molar-refractivity contribution in [3.8, 4) is 0 Å². The molecular formula is C14H16N4O3. The summed E-state index contributed by atoms with van der Waals surface area (Å²) < 4.78 is 6.58. The van der Waals surface area contributed by atoms with E-state index in [1.54, 1.807) is 23.4 Å². The van der Waals surface area contributed by atoms with Crippen LogP contribution in [0.3, 0.4) is 0 Å². The van der Waals surface area contributed by atoms with Gasteiger partial charge < -0.3 is 4.74 Å².